The molecule has 0 aliphatic carbocycles. The third-order valence-electron chi connectivity index (χ3n) is 8.73. The van der Waals surface area contributed by atoms with Crippen molar-refractivity contribution < 1.29 is 0 Å². The molecule has 0 aromatic heterocycles. The van der Waals surface area contributed by atoms with Crippen LogP contribution in [0.3, 0.4) is 0 Å². The quantitative estimate of drug-likeness (QED) is 0.145. The molecule has 230 valence electrons. The highest BCUT2D eigenvalue weighted by molar-refractivity contribution is 8.76. The molecule has 0 saturated carbocycles. The molecule has 2 heteroatoms. The van der Waals surface area contributed by atoms with Crippen LogP contribution in [0.2, 0.25) is 0 Å². The lowest BCUT2D eigenvalue weighted by Crippen LogP contribution is -1.94. The van der Waals surface area contributed by atoms with Crippen LogP contribution >= 0.6 is 21.6 Å². The molecule has 0 spiro atoms. The average Bonchev–Trinajstić information content (AvgIpc) is 3.08. The van der Waals surface area contributed by atoms with Gasteiger partial charge in [0.05, 0.1) is 0 Å². The van der Waals surface area contributed by atoms with E-state index in [0.717, 1.165) is 0 Å². The zero-order valence-corrected chi connectivity index (χ0v) is 29.3. The first-order valence-electron chi connectivity index (χ1n) is 16.1. The second kappa shape index (κ2) is 14.2. The summed E-state index contributed by atoms with van der Waals surface area (Å²) < 4.78 is 0. The van der Waals surface area contributed by atoms with Gasteiger partial charge >= 0.3 is 0 Å². The van der Waals surface area contributed by atoms with Crippen molar-refractivity contribution in [2.75, 3.05) is 0 Å². The zero-order chi connectivity index (χ0) is 32.2. The van der Waals surface area contributed by atoms with Crippen molar-refractivity contribution in [3.05, 3.63) is 167 Å². The second-order valence-electron chi connectivity index (χ2n) is 12.6. The highest BCUT2D eigenvalue weighted by Gasteiger charge is 2.16. The van der Waals surface area contributed by atoms with Gasteiger partial charge in [0.1, 0.15) is 0 Å². The van der Waals surface area contributed by atoms with Gasteiger partial charge in [0.25, 0.3) is 0 Å². The molecular weight excluding hydrogens is 593 g/mol. The molecule has 46 heavy (non-hydrogen) atoms. The van der Waals surface area contributed by atoms with Crippen LogP contribution < -0.4 is 0 Å². The molecule has 0 amide bonds. The van der Waals surface area contributed by atoms with E-state index in [9.17, 15) is 0 Å². The fourth-order valence-corrected chi connectivity index (χ4v) is 8.20. The van der Waals surface area contributed by atoms with Crippen molar-refractivity contribution in [3.63, 3.8) is 0 Å². The number of hydrogen-bond acceptors (Lipinski definition) is 2. The summed E-state index contributed by atoms with van der Waals surface area (Å²) in [6.07, 6.45) is 0. The van der Waals surface area contributed by atoms with Crippen LogP contribution in [0, 0.1) is 27.7 Å². The fraction of sp³-hybridized carbons (Fsp3) is 0.182. The summed E-state index contributed by atoms with van der Waals surface area (Å²) in [5.41, 5.74) is 18.0. The summed E-state index contributed by atoms with van der Waals surface area (Å²) in [6.45, 7) is 13.3. The van der Waals surface area contributed by atoms with E-state index in [1.807, 2.05) is 21.6 Å². The summed E-state index contributed by atoms with van der Waals surface area (Å²) in [6, 6.07) is 49.9. The Morgan fingerprint density at radius 1 is 0.304 bits per heavy atom. The van der Waals surface area contributed by atoms with Gasteiger partial charge in [0.2, 0.25) is 0 Å². The monoisotopic (exact) mass is 634 g/mol. The maximum Gasteiger partial charge on any atom is 0.0373 e. The smallest absolute Gasteiger partial charge is 0.0373 e. The molecule has 0 nitrogen and oxygen atoms in total. The Balaban J connectivity index is 1.29. The van der Waals surface area contributed by atoms with E-state index in [1.54, 1.807) is 0 Å². The molecule has 0 N–H and O–H groups in total. The van der Waals surface area contributed by atoms with Gasteiger partial charge in [-0.25, -0.2) is 0 Å². The zero-order valence-electron chi connectivity index (χ0n) is 27.7. The topological polar surface area (TPSA) is 0 Å². The Bertz CT molecular complexity index is 1640. The number of aryl methyl sites for hydroxylation is 4. The number of hydrogen-bond donors (Lipinski definition) is 0. The second-order valence-corrected chi connectivity index (χ2v) is 15.6. The van der Waals surface area contributed by atoms with Crippen molar-refractivity contribution in [2.45, 2.75) is 52.0 Å². The lowest BCUT2D eigenvalue weighted by molar-refractivity contribution is 1.10. The molecule has 6 aromatic carbocycles. The van der Waals surface area contributed by atoms with E-state index in [1.165, 1.54) is 77.9 Å². The van der Waals surface area contributed by atoms with Gasteiger partial charge in [-0.2, -0.15) is 0 Å². The van der Waals surface area contributed by atoms with E-state index in [0.29, 0.717) is 10.5 Å². The molecule has 0 saturated heterocycles. The molecule has 0 fully saturated rings. The number of benzene rings is 6. The predicted molar refractivity (Wildman–Crippen MR) is 206 cm³/mol. The Hall–Kier alpha value is -3.98. The Morgan fingerprint density at radius 2 is 0.522 bits per heavy atom. The molecule has 0 aliphatic rings. The van der Waals surface area contributed by atoms with Crippen LogP contribution in [0.5, 0.6) is 0 Å². The van der Waals surface area contributed by atoms with Crippen LogP contribution in [-0.4, -0.2) is 0 Å². The summed E-state index contributed by atoms with van der Waals surface area (Å²) in [5, 5.41) is 0.637. The molecule has 2 atom stereocenters. The van der Waals surface area contributed by atoms with Gasteiger partial charge in [0, 0.05) is 10.5 Å². The van der Waals surface area contributed by atoms with Crippen LogP contribution in [0.25, 0.3) is 44.5 Å². The van der Waals surface area contributed by atoms with Gasteiger partial charge in [-0.15, -0.1) is 0 Å². The third-order valence-corrected chi connectivity index (χ3v) is 12.0. The highest BCUT2D eigenvalue weighted by Crippen LogP contribution is 2.48. The lowest BCUT2D eigenvalue weighted by Gasteiger charge is -2.19. The molecule has 0 bridgehead atoms. The normalized spacial score (nSPS) is 12.6. The summed E-state index contributed by atoms with van der Waals surface area (Å²) in [4.78, 5) is 0. The maximum absolute atomic E-state index is 2.39. The van der Waals surface area contributed by atoms with Crippen molar-refractivity contribution in [3.8, 4) is 44.5 Å². The number of rotatable bonds is 9. The molecule has 0 unspecified atom stereocenters. The minimum atomic E-state index is 0.318. The van der Waals surface area contributed by atoms with Crippen LogP contribution in [0.4, 0.5) is 0 Å². The largest absolute Gasteiger partial charge is 0.0856 e. The van der Waals surface area contributed by atoms with Crippen molar-refractivity contribution >= 4 is 21.6 Å². The van der Waals surface area contributed by atoms with Crippen molar-refractivity contribution in [2.24, 2.45) is 0 Å². The van der Waals surface area contributed by atoms with Crippen molar-refractivity contribution in [1.29, 1.82) is 0 Å². The SMILES string of the molecule is Cc1ccc(-c2cc(-c3ccc(C)cc3)cc([C@@H](C)SS[C@H](C)c3cc(-c4ccc(C)cc4)cc(-c4ccc(C)cc4)c3)c2)cc1. The predicted octanol–water partition coefficient (Wildman–Crippen LogP) is 13.8. The molecule has 6 rings (SSSR count). The van der Waals surface area contributed by atoms with Crippen LogP contribution in [0.1, 0.15) is 57.7 Å². The molecular formula is C44H42S2. The van der Waals surface area contributed by atoms with Gasteiger partial charge in [-0.3, -0.25) is 0 Å². The Morgan fingerprint density at radius 3 is 0.739 bits per heavy atom. The highest BCUT2D eigenvalue weighted by atomic mass is 33.1. The van der Waals surface area contributed by atoms with E-state index < -0.39 is 0 Å². The molecule has 0 aliphatic heterocycles. The average molecular weight is 635 g/mol. The summed E-state index contributed by atoms with van der Waals surface area (Å²) in [7, 11) is 3.94. The molecule has 0 radical (unpaired) electrons. The van der Waals surface area contributed by atoms with Crippen LogP contribution in [0.15, 0.2) is 133 Å². The van der Waals surface area contributed by atoms with E-state index in [2.05, 4.69) is 175 Å². The van der Waals surface area contributed by atoms with Gasteiger partial charge < -0.3 is 0 Å². The maximum atomic E-state index is 2.39. The summed E-state index contributed by atoms with van der Waals surface area (Å²) >= 11 is 0. The minimum absolute atomic E-state index is 0.318. The molecule has 0 heterocycles. The Labute approximate surface area is 283 Å². The first kappa shape index (κ1) is 32.0. The van der Waals surface area contributed by atoms with E-state index in [-0.39, 0.29) is 0 Å². The molecule has 6 aromatic rings. The first-order valence-corrected chi connectivity index (χ1v) is 18.4. The van der Waals surface area contributed by atoms with Crippen molar-refractivity contribution in [1.82, 2.24) is 0 Å². The standard InChI is InChI=1S/C44H42S2/c1-29-7-15-35(16-8-29)41-23-39(24-42(27-41)36-17-9-30(2)10-18-36)33(5)45-46-34(6)40-25-43(37-19-11-31(3)12-20-37)28-44(26-40)38-21-13-32(4)14-22-38/h7-28,33-34H,1-6H3/t33-,34-/m1/s1. The van der Waals surface area contributed by atoms with Gasteiger partial charge in [-0.05, 0) is 134 Å². The summed E-state index contributed by atoms with van der Waals surface area (Å²) in [5.74, 6) is 0. The Kier molecular flexibility index (Phi) is 9.87. The first-order chi connectivity index (χ1) is 22.2. The lowest BCUT2D eigenvalue weighted by atomic mass is 9.94. The third kappa shape index (κ3) is 7.69. The minimum Gasteiger partial charge on any atom is -0.0856 e. The van der Waals surface area contributed by atoms with Gasteiger partial charge in [-0.1, -0.05) is 141 Å². The van der Waals surface area contributed by atoms with Crippen LogP contribution in [-0.2, 0) is 0 Å². The van der Waals surface area contributed by atoms with Gasteiger partial charge in [0.15, 0.2) is 0 Å². The van der Waals surface area contributed by atoms with E-state index in [4.69, 9.17) is 0 Å². The fourth-order valence-electron chi connectivity index (χ4n) is 5.70. The van der Waals surface area contributed by atoms with E-state index >= 15 is 0 Å².